The molecule has 2 aliphatic rings. The Bertz CT molecular complexity index is 1160. The van der Waals surface area contributed by atoms with Gasteiger partial charge < -0.3 is 10.2 Å². The van der Waals surface area contributed by atoms with Crippen LogP contribution in [-0.2, 0) is 32.5 Å². The molecular weight excluding hydrogens is 444 g/mol. The lowest BCUT2D eigenvalue weighted by molar-refractivity contribution is 0.282. The van der Waals surface area contributed by atoms with Crippen LogP contribution in [0.3, 0.4) is 0 Å². The largest absolute Gasteiger partial charge is 0.310 e. The smallest absolute Gasteiger partial charge is 0.183 e. The van der Waals surface area contributed by atoms with Gasteiger partial charge in [-0.15, -0.1) is 0 Å². The molecule has 3 atom stereocenters. The monoisotopic (exact) mass is 476 g/mol. The molecule has 1 aliphatic heterocycles. The molecule has 4 rings (SSSR count). The van der Waals surface area contributed by atoms with Crippen molar-refractivity contribution >= 4 is 19.7 Å². The van der Waals surface area contributed by atoms with Gasteiger partial charge in [-0.05, 0) is 68.6 Å². The summed E-state index contributed by atoms with van der Waals surface area (Å²) in [5.74, 6) is -0.487. The summed E-state index contributed by atoms with van der Waals surface area (Å²) in [6.07, 6.45) is 4.04. The third-order valence-corrected chi connectivity index (χ3v) is 10.9. The molecule has 0 bridgehead atoms. The molecule has 0 spiro atoms. The van der Waals surface area contributed by atoms with Gasteiger partial charge in [-0.2, -0.15) is 0 Å². The molecule has 1 aliphatic carbocycles. The van der Waals surface area contributed by atoms with Crippen molar-refractivity contribution in [2.24, 2.45) is 0 Å². The maximum atomic E-state index is 13.6. The minimum absolute atomic E-state index is 0.00611. The molecule has 6 nitrogen and oxygen atoms in total. The van der Waals surface area contributed by atoms with Gasteiger partial charge in [-0.3, -0.25) is 0 Å². The third kappa shape index (κ3) is 4.93. The van der Waals surface area contributed by atoms with Crippen LogP contribution in [0.4, 0.5) is 0 Å². The van der Waals surface area contributed by atoms with E-state index >= 15 is 0 Å². The van der Waals surface area contributed by atoms with E-state index in [9.17, 15) is 16.8 Å². The minimum Gasteiger partial charge on any atom is -0.310 e. The number of hydrogen-bond acceptors (Lipinski definition) is 6. The van der Waals surface area contributed by atoms with Crippen LogP contribution in [0.2, 0.25) is 0 Å². The molecule has 0 amide bonds. The first kappa shape index (κ1) is 23.4. The van der Waals surface area contributed by atoms with Crippen LogP contribution in [0.15, 0.2) is 53.4 Å². The molecular formula is C24H32N2O4S2. The van der Waals surface area contributed by atoms with E-state index in [2.05, 4.69) is 10.2 Å². The number of sulfone groups is 2. The summed E-state index contributed by atoms with van der Waals surface area (Å²) in [7, 11) is -3.29. The molecule has 1 unspecified atom stereocenters. The van der Waals surface area contributed by atoms with E-state index in [0.29, 0.717) is 6.54 Å². The van der Waals surface area contributed by atoms with Crippen LogP contribution in [0.1, 0.15) is 35.6 Å². The molecule has 1 fully saturated rings. The van der Waals surface area contributed by atoms with Gasteiger partial charge >= 0.3 is 0 Å². The predicted molar refractivity (Wildman–Crippen MR) is 127 cm³/mol. The van der Waals surface area contributed by atoms with Crippen molar-refractivity contribution in [1.29, 1.82) is 0 Å². The number of likely N-dealkylation sites (N-methyl/N-ethyl adjacent to an activating group) is 1. The number of nitrogens with zero attached hydrogens (tertiary/aromatic N) is 1. The van der Waals surface area contributed by atoms with Crippen molar-refractivity contribution in [2.45, 2.75) is 47.9 Å². The van der Waals surface area contributed by atoms with E-state index < -0.39 is 31.0 Å². The van der Waals surface area contributed by atoms with Gasteiger partial charge in [0, 0.05) is 18.6 Å². The van der Waals surface area contributed by atoms with Crippen LogP contribution in [-0.4, -0.2) is 65.2 Å². The Morgan fingerprint density at radius 1 is 1.00 bits per heavy atom. The van der Waals surface area contributed by atoms with Gasteiger partial charge in [0.05, 0.1) is 21.7 Å². The van der Waals surface area contributed by atoms with Gasteiger partial charge in [0.1, 0.15) is 0 Å². The molecule has 174 valence electrons. The highest BCUT2D eigenvalue weighted by Crippen LogP contribution is 2.30. The first-order valence-corrected chi connectivity index (χ1v) is 14.5. The van der Waals surface area contributed by atoms with Crippen molar-refractivity contribution < 1.29 is 16.8 Å². The average molecular weight is 477 g/mol. The van der Waals surface area contributed by atoms with Crippen molar-refractivity contribution in [3.63, 3.8) is 0 Å². The second-order valence-corrected chi connectivity index (χ2v) is 13.5. The Labute approximate surface area is 191 Å². The Kier molecular flexibility index (Phi) is 6.77. The van der Waals surface area contributed by atoms with E-state index in [1.165, 1.54) is 5.56 Å². The van der Waals surface area contributed by atoms with Gasteiger partial charge in [0.25, 0.3) is 0 Å². The highest BCUT2D eigenvalue weighted by Gasteiger charge is 2.46. The van der Waals surface area contributed by atoms with Crippen molar-refractivity contribution in [3.8, 4) is 0 Å². The molecule has 0 aromatic heterocycles. The van der Waals surface area contributed by atoms with Crippen molar-refractivity contribution in [3.05, 3.63) is 65.2 Å². The van der Waals surface area contributed by atoms with E-state index in [1.807, 2.05) is 50.5 Å². The first-order chi connectivity index (χ1) is 15.2. The molecule has 0 saturated carbocycles. The standard InChI is InChI=1S/C24H32N2O4S2/c1-26(2)23(19-9-4-3-5-10-19)15-25-22-16-31(27,28)17-24(22)32(29,30)21-13-12-18-8-6-7-11-20(18)14-21/h3-5,9-10,12-14,22-25H,6-8,11,15-17H2,1-2H3/t22-,23?,24-/m0/s1. The lowest BCUT2D eigenvalue weighted by Crippen LogP contribution is -2.46. The fourth-order valence-electron chi connectivity index (χ4n) is 4.91. The Hall–Kier alpha value is -1.74. The zero-order valence-electron chi connectivity index (χ0n) is 18.7. The summed E-state index contributed by atoms with van der Waals surface area (Å²) in [5.41, 5.74) is 3.39. The van der Waals surface area contributed by atoms with Gasteiger partial charge in [0.2, 0.25) is 0 Å². The van der Waals surface area contributed by atoms with Gasteiger partial charge in [-0.25, -0.2) is 16.8 Å². The zero-order chi connectivity index (χ0) is 22.9. The molecule has 1 saturated heterocycles. The number of rotatable bonds is 7. The molecule has 2 aromatic carbocycles. The Balaban J connectivity index is 1.58. The number of hydrogen-bond donors (Lipinski definition) is 1. The molecule has 32 heavy (non-hydrogen) atoms. The quantitative estimate of drug-likeness (QED) is 0.661. The summed E-state index contributed by atoms with van der Waals surface area (Å²) in [6.45, 7) is 0.466. The Morgan fingerprint density at radius 2 is 1.69 bits per heavy atom. The summed E-state index contributed by atoms with van der Waals surface area (Å²) >= 11 is 0. The van der Waals surface area contributed by atoms with Crippen LogP contribution >= 0.6 is 0 Å². The summed E-state index contributed by atoms with van der Waals surface area (Å²) in [6, 6.07) is 14.7. The first-order valence-electron chi connectivity index (χ1n) is 11.2. The second-order valence-electron chi connectivity index (χ2n) is 9.20. The number of aryl methyl sites for hydroxylation is 2. The lowest BCUT2D eigenvalue weighted by atomic mass is 9.92. The van der Waals surface area contributed by atoms with E-state index in [-0.39, 0.29) is 22.4 Å². The Morgan fingerprint density at radius 3 is 2.38 bits per heavy atom. The normalized spacial score (nSPS) is 23.7. The van der Waals surface area contributed by atoms with Crippen LogP contribution in [0.25, 0.3) is 0 Å². The highest BCUT2D eigenvalue weighted by atomic mass is 32.2. The van der Waals surface area contributed by atoms with Gasteiger partial charge in [0.15, 0.2) is 19.7 Å². The van der Waals surface area contributed by atoms with Crippen LogP contribution < -0.4 is 5.32 Å². The fourth-order valence-corrected chi connectivity index (χ4v) is 9.68. The predicted octanol–water partition coefficient (Wildman–Crippen LogP) is 2.40. The number of benzene rings is 2. The fraction of sp³-hybridized carbons (Fsp3) is 0.500. The van der Waals surface area contributed by atoms with Crippen LogP contribution in [0, 0.1) is 0 Å². The average Bonchev–Trinajstić information content (AvgIpc) is 3.09. The SMILES string of the molecule is CN(C)C(CN[C@H]1CS(=O)(=O)C[C@@H]1S(=O)(=O)c1ccc2c(c1)CCCC2)c1ccccc1. The lowest BCUT2D eigenvalue weighted by Gasteiger charge is -2.28. The topological polar surface area (TPSA) is 83.6 Å². The minimum atomic E-state index is -3.78. The van der Waals surface area contributed by atoms with E-state index in [0.717, 1.165) is 36.8 Å². The van der Waals surface area contributed by atoms with E-state index in [4.69, 9.17) is 0 Å². The summed E-state index contributed by atoms with van der Waals surface area (Å²) < 4.78 is 52.1. The molecule has 0 radical (unpaired) electrons. The molecule has 8 heteroatoms. The zero-order valence-corrected chi connectivity index (χ0v) is 20.3. The maximum absolute atomic E-state index is 13.6. The number of nitrogens with one attached hydrogen (secondary N) is 1. The maximum Gasteiger partial charge on any atom is 0.183 e. The van der Waals surface area contributed by atoms with Crippen molar-refractivity contribution in [2.75, 3.05) is 32.1 Å². The third-order valence-electron chi connectivity index (χ3n) is 6.73. The van der Waals surface area contributed by atoms with Crippen molar-refractivity contribution in [1.82, 2.24) is 10.2 Å². The van der Waals surface area contributed by atoms with Crippen LogP contribution in [0.5, 0.6) is 0 Å². The van der Waals surface area contributed by atoms with Gasteiger partial charge in [-0.1, -0.05) is 36.4 Å². The second kappa shape index (κ2) is 9.25. The summed E-state index contributed by atoms with van der Waals surface area (Å²) in [4.78, 5) is 2.30. The van der Waals surface area contributed by atoms with E-state index in [1.54, 1.807) is 12.1 Å². The molecule has 1 N–H and O–H groups in total. The number of fused-ring (bicyclic) bond motifs is 1. The summed E-state index contributed by atoms with van der Waals surface area (Å²) in [5, 5.41) is 2.33. The molecule has 1 heterocycles. The highest BCUT2D eigenvalue weighted by molar-refractivity contribution is 7.96. The molecule has 2 aromatic rings.